The second kappa shape index (κ2) is 6.25. The minimum Gasteiger partial charge on any atom is -0.390 e. The van der Waals surface area contributed by atoms with E-state index in [2.05, 4.69) is 10.0 Å². The lowest BCUT2D eigenvalue weighted by Gasteiger charge is -2.21. The number of benzene rings is 1. The summed E-state index contributed by atoms with van der Waals surface area (Å²) < 4.78 is 38.6. The molecule has 0 aliphatic rings. The van der Waals surface area contributed by atoms with Gasteiger partial charge in [-0.05, 0) is 23.2 Å². The van der Waals surface area contributed by atoms with Crippen molar-refractivity contribution in [3.05, 3.63) is 45.3 Å². The minimum atomic E-state index is -4.79. The van der Waals surface area contributed by atoms with Crippen molar-refractivity contribution in [3.63, 3.8) is 0 Å². The van der Waals surface area contributed by atoms with Gasteiger partial charge in [0.2, 0.25) is 0 Å². The van der Waals surface area contributed by atoms with Crippen molar-refractivity contribution in [2.45, 2.75) is 18.4 Å². The molecule has 2 unspecified atom stereocenters. The molecule has 0 amide bonds. The zero-order valence-corrected chi connectivity index (χ0v) is 9.91. The third-order valence-electron chi connectivity index (χ3n) is 2.50. The smallest absolute Gasteiger partial charge is 0.390 e. The molecule has 0 radical (unpaired) electrons. The fraction of sp³-hybridized carbons (Fsp3) is 0.364. The second-order valence-electron chi connectivity index (χ2n) is 3.84. The van der Waals surface area contributed by atoms with Gasteiger partial charge in [0.15, 0.2) is 0 Å². The Morgan fingerprint density at radius 2 is 2.05 bits per heavy atom. The van der Waals surface area contributed by atoms with Gasteiger partial charge in [0.25, 0.3) is 0 Å². The Bertz CT molecular complexity index is 576. The van der Waals surface area contributed by atoms with Crippen LogP contribution in [0.1, 0.15) is 22.8 Å². The van der Waals surface area contributed by atoms with Crippen LogP contribution in [0.5, 0.6) is 0 Å². The molecule has 0 spiro atoms. The number of rotatable bonds is 4. The number of aliphatic hydroxyl groups excluding tert-OH is 2. The van der Waals surface area contributed by atoms with E-state index in [1.165, 1.54) is 0 Å². The van der Waals surface area contributed by atoms with Gasteiger partial charge >= 0.3 is 6.18 Å². The first-order valence-corrected chi connectivity index (χ1v) is 5.29. The lowest BCUT2D eigenvalue weighted by atomic mass is 9.96. The first-order valence-electron chi connectivity index (χ1n) is 5.29. The Morgan fingerprint density at radius 1 is 1.40 bits per heavy atom. The molecule has 20 heavy (non-hydrogen) atoms. The summed E-state index contributed by atoms with van der Waals surface area (Å²) in [6.07, 6.45) is -8.36. The lowest BCUT2D eigenvalue weighted by Crippen LogP contribution is -2.24. The summed E-state index contributed by atoms with van der Waals surface area (Å²) in [4.78, 5) is 2.34. The van der Waals surface area contributed by atoms with E-state index in [1.807, 2.05) is 0 Å². The normalized spacial score (nSPS) is 14.0. The summed E-state index contributed by atoms with van der Waals surface area (Å²) in [5.41, 5.74) is 6.04. The highest BCUT2D eigenvalue weighted by molar-refractivity contribution is 5.41. The van der Waals surface area contributed by atoms with Crippen molar-refractivity contribution in [2.75, 3.05) is 6.54 Å². The first kappa shape index (κ1) is 15.8. The molecule has 0 aliphatic carbocycles. The van der Waals surface area contributed by atoms with Crippen molar-refractivity contribution in [1.29, 1.82) is 5.26 Å². The highest BCUT2D eigenvalue weighted by Gasteiger charge is 2.36. The second-order valence-corrected chi connectivity index (χ2v) is 3.84. The summed E-state index contributed by atoms with van der Waals surface area (Å²) in [5, 5.41) is 30.8. The standard InChI is InChI=1S/C11H9F3N4O2/c12-11(13,14)8-3-6(4-15)1-2-7(8)10(20)9(19)5-17-18-16/h1-3,9-10,19-20H,5H2. The summed E-state index contributed by atoms with van der Waals surface area (Å²) in [6, 6.07) is 4.14. The highest BCUT2D eigenvalue weighted by atomic mass is 19.4. The van der Waals surface area contributed by atoms with Gasteiger partial charge < -0.3 is 10.2 Å². The van der Waals surface area contributed by atoms with Crippen molar-refractivity contribution in [3.8, 4) is 6.07 Å². The van der Waals surface area contributed by atoms with Crippen LogP contribution >= 0.6 is 0 Å². The van der Waals surface area contributed by atoms with E-state index in [-0.39, 0.29) is 5.56 Å². The zero-order valence-electron chi connectivity index (χ0n) is 9.91. The Kier molecular flexibility index (Phi) is 4.94. The number of nitriles is 1. The molecule has 0 saturated carbocycles. The van der Waals surface area contributed by atoms with Crippen LogP contribution in [0.2, 0.25) is 0 Å². The number of halogens is 3. The van der Waals surface area contributed by atoms with E-state index >= 15 is 0 Å². The van der Waals surface area contributed by atoms with Crippen LogP contribution in [0.25, 0.3) is 10.4 Å². The average molecular weight is 286 g/mol. The van der Waals surface area contributed by atoms with Gasteiger partial charge in [-0.25, -0.2) is 0 Å². The number of aliphatic hydroxyl groups is 2. The molecule has 106 valence electrons. The van der Waals surface area contributed by atoms with E-state index in [4.69, 9.17) is 10.8 Å². The summed E-state index contributed by atoms with van der Waals surface area (Å²) >= 11 is 0. The van der Waals surface area contributed by atoms with E-state index in [0.717, 1.165) is 12.1 Å². The number of hydrogen-bond donors (Lipinski definition) is 2. The predicted molar refractivity (Wildman–Crippen MR) is 61.1 cm³/mol. The molecular weight excluding hydrogens is 277 g/mol. The molecule has 2 atom stereocenters. The third-order valence-corrected chi connectivity index (χ3v) is 2.50. The van der Waals surface area contributed by atoms with Crippen LogP contribution < -0.4 is 0 Å². The van der Waals surface area contributed by atoms with E-state index in [1.54, 1.807) is 6.07 Å². The number of alkyl halides is 3. The topological polar surface area (TPSA) is 113 Å². The summed E-state index contributed by atoms with van der Waals surface area (Å²) in [6.45, 7) is -0.574. The molecule has 0 heterocycles. The monoisotopic (exact) mass is 286 g/mol. The van der Waals surface area contributed by atoms with Crippen molar-refractivity contribution in [1.82, 2.24) is 0 Å². The van der Waals surface area contributed by atoms with Gasteiger partial charge in [-0.15, -0.1) is 0 Å². The van der Waals surface area contributed by atoms with Gasteiger partial charge in [0.1, 0.15) is 6.10 Å². The maximum Gasteiger partial charge on any atom is 0.416 e. The minimum absolute atomic E-state index is 0.224. The van der Waals surface area contributed by atoms with Crippen LogP contribution in [0.15, 0.2) is 23.3 Å². The van der Waals surface area contributed by atoms with E-state index in [9.17, 15) is 23.4 Å². The first-order chi connectivity index (χ1) is 9.31. The van der Waals surface area contributed by atoms with Crippen molar-refractivity contribution < 1.29 is 23.4 Å². The van der Waals surface area contributed by atoms with Crippen LogP contribution in [0.3, 0.4) is 0 Å². The molecule has 0 saturated heterocycles. The maximum atomic E-state index is 12.9. The fourth-order valence-corrected chi connectivity index (χ4v) is 1.56. The molecular formula is C11H9F3N4O2. The molecule has 6 nitrogen and oxygen atoms in total. The van der Waals surface area contributed by atoms with Crippen LogP contribution in [0.4, 0.5) is 13.2 Å². The van der Waals surface area contributed by atoms with Crippen LogP contribution in [0, 0.1) is 11.3 Å². The van der Waals surface area contributed by atoms with Gasteiger partial charge in [-0.1, -0.05) is 11.2 Å². The molecule has 0 aromatic heterocycles. The van der Waals surface area contributed by atoms with Crippen molar-refractivity contribution in [2.24, 2.45) is 5.11 Å². The molecule has 9 heteroatoms. The van der Waals surface area contributed by atoms with Gasteiger partial charge in [-0.2, -0.15) is 18.4 Å². The SMILES string of the molecule is N#Cc1ccc(C(O)C(O)CN=[N+]=[N-])c(C(F)(F)F)c1. The average Bonchev–Trinajstić information content (AvgIpc) is 2.42. The Hall–Kier alpha value is -2.27. The third kappa shape index (κ3) is 3.61. The largest absolute Gasteiger partial charge is 0.416 e. The van der Waals surface area contributed by atoms with Crippen LogP contribution in [-0.2, 0) is 6.18 Å². The molecule has 1 rings (SSSR count). The van der Waals surface area contributed by atoms with E-state index < -0.39 is 36.1 Å². The Morgan fingerprint density at radius 3 is 2.55 bits per heavy atom. The molecule has 1 aromatic rings. The molecule has 0 aliphatic heterocycles. The fourth-order valence-electron chi connectivity index (χ4n) is 1.56. The number of azide groups is 1. The van der Waals surface area contributed by atoms with E-state index in [0.29, 0.717) is 6.07 Å². The lowest BCUT2D eigenvalue weighted by molar-refractivity contribution is -0.139. The number of nitrogens with zero attached hydrogens (tertiary/aromatic N) is 4. The summed E-state index contributed by atoms with van der Waals surface area (Å²) in [7, 11) is 0. The molecule has 0 fully saturated rings. The Labute approximate surface area is 111 Å². The quantitative estimate of drug-likeness (QED) is 0.502. The number of hydrogen-bond acceptors (Lipinski definition) is 4. The van der Waals surface area contributed by atoms with Crippen LogP contribution in [-0.4, -0.2) is 22.9 Å². The summed E-state index contributed by atoms with van der Waals surface area (Å²) in [5.74, 6) is 0. The maximum absolute atomic E-state index is 12.9. The van der Waals surface area contributed by atoms with Gasteiger partial charge in [0.05, 0.1) is 29.8 Å². The van der Waals surface area contributed by atoms with Gasteiger partial charge in [0, 0.05) is 4.91 Å². The Balaban J connectivity index is 3.23. The molecule has 1 aromatic carbocycles. The molecule has 2 N–H and O–H groups in total. The predicted octanol–water partition coefficient (Wildman–Crippen LogP) is 2.28. The van der Waals surface area contributed by atoms with Gasteiger partial charge in [-0.3, -0.25) is 0 Å². The highest BCUT2D eigenvalue weighted by Crippen LogP contribution is 2.36. The zero-order chi connectivity index (χ0) is 15.3. The van der Waals surface area contributed by atoms with Crippen molar-refractivity contribution >= 4 is 0 Å². The molecule has 0 bridgehead atoms.